The second-order valence-corrected chi connectivity index (χ2v) is 6.44. The number of carbonyl (C=O) groups excluding carboxylic acids is 1. The van der Waals surface area contributed by atoms with Crippen molar-refractivity contribution in [3.05, 3.63) is 35.9 Å². The highest BCUT2D eigenvalue weighted by molar-refractivity contribution is 5.84. The van der Waals surface area contributed by atoms with E-state index in [0.717, 1.165) is 18.2 Å². The number of likely N-dealkylation sites (N-methyl/N-ethyl adjacent to an activating group) is 1. The van der Waals surface area contributed by atoms with Gasteiger partial charge in [0, 0.05) is 18.6 Å². The Kier molecular flexibility index (Phi) is 4.00. The lowest BCUT2D eigenvalue weighted by Crippen LogP contribution is -2.43. The Morgan fingerprint density at radius 2 is 2.00 bits per heavy atom. The Hall–Kier alpha value is -1.39. The molecule has 4 nitrogen and oxygen atoms in total. The number of carbonyl (C=O) groups is 1. The maximum atomic E-state index is 12.5. The van der Waals surface area contributed by atoms with E-state index in [1.165, 1.54) is 12.8 Å². The summed E-state index contributed by atoms with van der Waals surface area (Å²) >= 11 is 0. The number of nitrogens with zero attached hydrogens (tertiary/aromatic N) is 2. The van der Waals surface area contributed by atoms with Crippen molar-refractivity contribution in [3.63, 3.8) is 0 Å². The molecule has 1 aliphatic carbocycles. The standard InChI is InChI=1S/C17H25N3O/c1-12(19(3)15-9-10-15)11-20-16(18-13(2)17(20)21)14-7-5-4-6-8-14/h4-8,12-13,15-16,18H,9-11H2,1-3H3. The van der Waals surface area contributed by atoms with Crippen LogP contribution < -0.4 is 5.32 Å². The highest BCUT2D eigenvalue weighted by Crippen LogP contribution is 2.29. The average Bonchev–Trinajstić information content (AvgIpc) is 3.30. The molecule has 21 heavy (non-hydrogen) atoms. The lowest BCUT2D eigenvalue weighted by Gasteiger charge is -2.32. The first-order chi connectivity index (χ1) is 10.1. The third-order valence-electron chi connectivity index (χ3n) is 4.77. The molecule has 2 aliphatic rings. The first kappa shape index (κ1) is 14.5. The van der Waals surface area contributed by atoms with Gasteiger partial charge in [0.05, 0.1) is 6.04 Å². The van der Waals surface area contributed by atoms with E-state index in [0.29, 0.717) is 6.04 Å². The molecule has 1 N–H and O–H groups in total. The van der Waals surface area contributed by atoms with Gasteiger partial charge in [0.2, 0.25) is 5.91 Å². The van der Waals surface area contributed by atoms with Crippen LogP contribution in [0.4, 0.5) is 0 Å². The van der Waals surface area contributed by atoms with E-state index >= 15 is 0 Å². The topological polar surface area (TPSA) is 35.6 Å². The smallest absolute Gasteiger partial charge is 0.241 e. The Morgan fingerprint density at radius 1 is 1.33 bits per heavy atom. The summed E-state index contributed by atoms with van der Waals surface area (Å²) < 4.78 is 0. The van der Waals surface area contributed by atoms with Crippen molar-refractivity contribution in [2.24, 2.45) is 0 Å². The minimum Gasteiger partial charge on any atom is -0.320 e. The number of rotatable bonds is 5. The number of benzene rings is 1. The molecular formula is C17H25N3O. The normalized spacial score (nSPS) is 27.4. The van der Waals surface area contributed by atoms with Crippen LogP contribution in [0.15, 0.2) is 30.3 Å². The fourth-order valence-corrected chi connectivity index (χ4v) is 3.14. The van der Waals surface area contributed by atoms with Gasteiger partial charge in [-0.1, -0.05) is 30.3 Å². The van der Waals surface area contributed by atoms with Crippen LogP contribution in [0.5, 0.6) is 0 Å². The zero-order valence-corrected chi connectivity index (χ0v) is 13.1. The van der Waals surface area contributed by atoms with Crippen LogP contribution >= 0.6 is 0 Å². The summed E-state index contributed by atoms with van der Waals surface area (Å²) in [6.45, 7) is 4.95. The molecule has 1 heterocycles. The number of amides is 1. The van der Waals surface area contributed by atoms with Crippen molar-refractivity contribution in [2.45, 2.75) is 51.0 Å². The SMILES string of the molecule is CC1NC(c2ccccc2)N(CC(C)N(C)C2CC2)C1=O. The molecule has 4 heteroatoms. The number of hydrogen-bond acceptors (Lipinski definition) is 3. The van der Waals surface area contributed by atoms with E-state index in [4.69, 9.17) is 0 Å². The van der Waals surface area contributed by atoms with Crippen LogP contribution in [-0.4, -0.2) is 47.4 Å². The van der Waals surface area contributed by atoms with Gasteiger partial charge >= 0.3 is 0 Å². The molecule has 3 atom stereocenters. The van der Waals surface area contributed by atoms with Gasteiger partial charge in [-0.25, -0.2) is 0 Å². The quantitative estimate of drug-likeness (QED) is 0.899. The predicted molar refractivity (Wildman–Crippen MR) is 83.7 cm³/mol. The van der Waals surface area contributed by atoms with Gasteiger partial charge in [-0.05, 0) is 39.3 Å². The van der Waals surface area contributed by atoms with Gasteiger partial charge < -0.3 is 4.90 Å². The number of nitrogens with one attached hydrogen (secondary N) is 1. The molecular weight excluding hydrogens is 262 g/mol. The van der Waals surface area contributed by atoms with Gasteiger partial charge in [0.1, 0.15) is 6.17 Å². The summed E-state index contributed by atoms with van der Waals surface area (Å²) in [5.41, 5.74) is 1.16. The maximum absolute atomic E-state index is 12.5. The van der Waals surface area contributed by atoms with Gasteiger partial charge in [-0.3, -0.25) is 15.0 Å². The zero-order chi connectivity index (χ0) is 15.0. The Morgan fingerprint density at radius 3 is 2.62 bits per heavy atom. The molecule has 3 unspecified atom stereocenters. The van der Waals surface area contributed by atoms with Crippen LogP contribution in [0.2, 0.25) is 0 Å². The maximum Gasteiger partial charge on any atom is 0.241 e. The van der Waals surface area contributed by atoms with E-state index in [9.17, 15) is 4.79 Å². The van der Waals surface area contributed by atoms with Crippen molar-refractivity contribution in [2.75, 3.05) is 13.6 Å². The van der Waals surface area contributed by atoms with E-state index in [2.05, 4.69) is 36.3 Å². The highest BCUT2D eigenvalue weighted by Gasteiger charge is 2.39. The molecule has 2 fully saturated rings. The average molecular weight is 287 g/mol. The summed E-state index contributed by atoms with van der Waals surface area (Å²) in [4.78, 5) is 16.9. The Balaban J connectivity index is 1.75. The molecule has 1 aliphatic heterocycles. The molecule has 0 spiro atoms. The van der Waals surface area contributed by atoms with Gasteiger partial charge in [-0.15, -0.1) is 0 Å². The first-order valence-electron chi connectivity index (χ1n) is 7.91. The van der Waals surface area contributed by atoms with Gasteiger partial charge in [0.25, 0.3) is 0 Å². The van der Waals surface area contributed by atoms with Crippen molar-refractivity contribution in [1.29, 1.82) is 0 Å². The van der Waals surface area contributed by atoms with Gasteiger partial charge in [-0.2, -0.15) is 0 Å². The minimum atomic E-state index is -0.103. The summed E-state index contributed by atoms with van der Waals surface area (Å²) in [6, 6.07) is 11.3. The lowest BCUT2D eigenvalue weighted by atomic mass is 10.1. The second-order valence-electron chi connectivity index (χ2n) is 6.44. The number of hydrogen-bond donors (Lipinski definition) is 1. The van der Waals surface area contributed by atoms with Crippen LogP contribution in [0.25, 0.3) is 0 Å². The molecule has 1 aromatic carbocycles. The largest absolute Gasteiger partial charge is 0.320 e. The van der Waals surface area contributed by atoms with Crippen LogP contribution in [0, 0.1) is 0 Å². The molecule has 1 saturated heterocycles. The van der Waals surface area contributed by atoms with Gasteiger partial charge in [0.15, 0.2) is 0 Å². The Labute approximate surface area is 127 Å². The molecule has 0 aromatic heterocycles. The lowest BCUT2D eigenvalue weighted by molar-refractivity contribution is -0.130. The molecule has 1 amide bonds. The predicted octanol–water partition coefficient (Wildman–Crippen LogP) is 1.99. The summed E-state index contributed by atoms with van der Waals surface area (Å²) in [7, 11) is 2.18. The van der Waals surface area contributed by atoms with Crippen LogP contribution in [0.1, 0.15) is 38.4 Å². The summed E-state index contributed by atoms with van der Waals surface area (Å²) in [5.74, 6) is 0.208. The third kappa shape index (κ3) is 2.97. The molecule has 114 valence electrons. The van der Waals surface area contributed by atoms with E-state index in [1.807, 2.05) is 30.0 Å². The van der Waals surface area contributed by atoms with Crippen molar-refractivity contribution in [1.82, 2.24) is 15.1 Å². The molecule has 1 saturated carbocycles. The van der Waals surface area contributed by atoms with Crippen molar-refractivity contribution in [3.8, 4) is 0 Å². The van der Waals surface area contributed by atoms with E-state index in [1.54, 1.807) is 0 Å². The molecule has 1 aromatic rings. The molecule has 0 bridgehead atoms. The third-order valence-corrected chi connectivity index (χ3v) is 4.77. The van der Waals surface area contributed by atoms with E-state index < -0.39 is 0 Å². The first-order valence-corrected chi connectivity index (χ1v) is 7.91. The van der Waals surface area contributed by atoms with Crippen LogP contribution in [-0.2, 0) is 4.79 Å². The summed E-state index contributed by atoms with van der Waals surface area (Å²) in [5, 5.41) is 3.42. The fraction of sp³-hybridized carbons (Fsp3) is 0.588. The van der Waals surface area contributed by atoms with Crippen LogP contribution in [0.3, 0.4) is 0 Å². The molecule has 3 rings (SSSR count). The summed E-state index contributed by atoms with van der Waals surface area (Å²) in [6.07, 6.45) is 2.60. The fourth-order valence-electron chi connectivity index (χ4n) is 3.14. The van der Waals surface area contributed by atoms with E-state index in [-0.39, 0.29) is 18.1 Å². The Bertz CT molecular complexity index is 500. The minimum absolute atomic E-state index is 0.00348. The van der Waals surface area contributed by atoms with Crippen molar-refractivity contribution >= 4 is 5.91 Å². The molecule has 0 radical (unpaired) electrons. The van der Waals surface area contributed by atoms with Crippen molar-refractivity contribution < 1.29 is 4.79 Å². The second kappa shape index (κ2) is 5.78. The highest BCUT2D eigenvalue weighted by atomic mass is 16.2. The monoisotopic (exact) mass is 287 g/mol. The zero-order valence-electron chi connectivity index (χ0n) is 13.1.